The van der Waals surface area contributed by atoms with Gasteiger partial charge in [-0.3, -0.25) is 0 Å². The number of rotatable bonds is 7. The molecule has 0 saturated carbocycles. The summed E-state index contributed by atoms with van der Waals surface area (Å²) in [5, 5.41) is 21.0. The molecule has 20 heavy (non-hydrogen) atoms. The highest BCUT2D eigenvalue weighted by molar-refractivity contribution is 5.56. The number of nitrogens with one attached hydrogen (secondary N) is 1. The predicted octanol–water partition coefficient (Wildman–Crippen LogP) is 2.70. The Bertz CT molecular complexity index is 491. The molecule has 0 aliphatic carbocycles. The lowest BCUT2D eigenvalue weighted by Crippen LogP contribution is -2.34. The second kappa shape index (κ2) is 7.20. The van der Waals surface area contributed by atoms with E-state index in [4.69, 9.17) is 4.74 Å². The first-order chi connectivity index (χ1) is 9.49. The van der Waals surface area contributed by atoms with Crippen molar-refractivity contribution < 1.29 is 4.74 Å². The Kier molecular flexibility index (Phi) is 5.90. The van der Waals surface area contributed by atoms with Gasteiger partial charge in [0.1, 0.15) is 11.6 Å². The number of nitrogens with zero attached hydrogens (tertiary/aromatic N) is 3. The van der Waals surface area contributed by atoms with Crippen molar-refractivity contribution in [2.45, 2.75) is 53.1 Å². The van der Waals surface area contributed by atoms with Crippen LogP contribution in [-0.2, 0) is 17.6 Å². The smallest absolute Gasteiger partial charge is 0.167 e. The first-order valence-corrected chi connectivity index (χ1v) is 7.15. The molecule has 0 aliphatic heterocycles. The van der Waals surface area contributed by atoms with Crippen molar-refractivity contribution in [3.63, 3.8) is 0 Å². The maximum absolute atomic E-state index is 9.39. The van der Waals surface area contributed by atoms with Crippen molar-refractivity contribution in [1.29, 1.82) is 5.26 Å². The zero-order chi connectivity index (χ0) is 15.2. The standard InChI is InChI=1S/C15H24N4O/c1-6-11-12(9-16)14(19-18-13(11)7-2)17-10-15(4,5)20-8-3/h6-8,10H2,1-5H3,(H,17,19). The lowest BCUT2D eigenvalue weighted by atomic mass is 10.0. The van der Waals surface area contributed by atoms with E-state index in [1.807, 2.05) is 34.6 Å². The summed E-state index contributed by atoms with van der Waals surface area (Å²) in [6.45, 7) is 11.3. The maximum Gasteiger partial charge on any atom is 0.167 e. The van der Waals surface area contributed by atoms with Crippen LogP contribution in [-0.4, -0.2) is 29.0 Å². The third-order valence-corrected chi connectivity index (χ3v) is 3.17. The fourth-order valence-electron chi connectivity index (χ4n) is 2.16. The van der Waals surface area contributed by atoms with Gasteiger partial charge >= 0.3 is 0 Å². The molecule has 0 amide bonds. The van der Waals surface area contributed by atoms with Crippen LogP contribution in [0.15, 0.2) is 0 Å². The Morgan fingerprint density at radius 1 is 1.20 bits per heavy atom. The van der Waals surface area contributed by atoms with Crippen molar-refractivity contribution in [2.75, 3.05) is 18.5 Å². The highest BCUT2D eigenvalue weighted by atomic mass is 16.5. The molecule has 0 atom stereocenters. The second-order valence-corrected chi connectivity index (χ2v) is 5.21. The first-order valence-electron chi connectivity index (χ1n) is 7.15. The van der Waals surface area contributed by atoms with E-state index < -0.39 is 0 Å². The molecule has 1 heterocycles. The van der Waals surface area contributed by atoms with Gasteiger partial charge in [-0.05, 0) is 39.2 Å². The van der Waals surface area contributed by atoms with Gasteiger partial charge in [0.15, 0.2) is 5.82 Å². The van der Waals surface area contributed by atoms with Gasteiger partial charge in [-0.15, -0.1) is 5.10 Å². The van der Waals surface area contributed by atoms with Crippen LogP contribution in [0.2, 0.25) is 0 Å². The van der Waals surface area contributed by atoms with Gasteiger partial charge in [0.25, 0.3) is 0 Å². The molecule has 0 aromatic carbocycles. The lowest BCUT2D eigenvalue weighted by molar-refractivity contribution is 0.000628. The molecular weight excluding hydrogens is 252 g/mol. The largest absolute Gasteiger partial charge is 0.374 e. The summed E-state index contributed by atoms with van der Waals surface area (Å²) in [6.07, 6.45) is 1.57. The van der Waals surface area contributed by atoms with Crippen molar-refractivity contribution in [1.82, 2.24) is 10.2 Å². The second-order valence-electron chi connectivity index (χ2n) is 5.21. The monoisotopic (exact) mass is 276 g/mol. The Labute approximate surface area is 121 Å². The minimum absolute atomic E-state index is 0.307. The van der Waals surface area contributed by atoms with E-state index in [0.717, 1.165) is 24.1 Å². The molecule has 1 aromatic rings. The topological polar surface area (TPSA) is 70.8 Å². The molecule has 0 spiro atoms. The van der Waals surface area contributed by atoms with E-state index in [1.165, 1.54) is 0 Å². The summed E-state index contributed by atoms with van der Waals surface area (Å²) < 4.78 is 5.63. The van der Waals surface area contributed by atoms with Gasteiger partial charge in [0.05, 0.1) is 11.3 Å². The zero-order valence-electron chi connectivity index (χ0n) is 13.1. The van der Waals surface area contributed by atoms with Gasteiger partial charge in [0.2, 0.25) is 0 Å². The third kappa shape index (κ3) is 3.91. The fraction of sp³-hybridized carbons (Fsp3) is 0.667. The van der Waals surface area contributed by atoms with Crippen molar-refractivity contribution in [3.8, 4) is 6.07 Å². The van der Waals surface area contributed by atoms with Crippen molar-refractivity contribution >= 4 is 5.82 Å². The van der Waals surface area contributed by atoms with Crippen LogP contribution in [0.1, 0.15) is 51.4 Å². The number of aromatic nitrogens is 2. The van der Waals surface area contributed by atoms with E-state index in [-0.39, 0.29) is 5.60 Å². The molecular formula is C15H24N4O. The Balaban J connectivity index is 3.00. The summed E-state index contributed by atoms with van der Waals surface area (Å²) >= 11 is 0. The van der Waals surface area contributed by atoms with Gasteiger partial charge in [-0.25, -0.2) is 0 Å². The molecule has 0 saturated heterocycles. The van der Waals surface area contributed by atoms with E-state index >= 15 is 0 Å². The molecule has 5 heteroatoms. The van der Waals surface area contributed by atoms with Crippen molar-refractivity contribution in [3.05, 3.63) is 16.8 Å². The maximum atomic E-state index is 9.39. The number of nitriles is 1. The summed E-state index contributed by atoms with van der Waals surface area (Å²) in [5.41, 5.74) is 2.19. The minimum Gasteiger partial charge on any atom is -0.374 e. The number of hydrogen-bond acceptors (Lipinski definition) is 5. The number of hydrogen-bond donors (Lipinski definition) is 1. The Morgan fingerprint density at radius 2 is 1.90 bits per heavy atom. The summed E-state index contributed by atoms with van der Waals surface area (Å²) in [4.78, 5) is 0. The average Bonchev–Trinajstić information content (AvgIpc) is 2.43. The van der Waals surface area contributed by atoms with Gasteiger partial charge in [-0.2, -0.15) is 10.4 Å². The van der Waals surface area contributed by atoms with Crippen LogP contribution in [0.3, 0.4) is 0 Å². The number of anilines is 1. The van der Waals surface area contributed by atoms with Crippen LogP contribution < -0.4 is 5.32 Å². The van der Waals surface area contributed by atoms with Gasteiger partial charge in [0, 0.05) is 13.2 Å². The molecule has 0 unspecified atom stereocenters. The highest BCUT2D eigenvalue weighted by Crippen LogP contribution is 2.21. The lowest BCUT2D eigenvalue weighted by Gasteiger charge is -2.25. The molecule has 0 bridgehead atoms. The van der Waals surface area contributed by atoms with E-state index in [0.29, 0.717) is 24.5 Å². The first kappa shape index (κ1) is 16.4. The highest BCUT2D eigenvalue weighted by Gasteiger charge is 2.20. The molecule has 110 valence electrons. The van der Waals surface area contributed by atoms with Crippen LogP contribution in [0, 0.1) is 11.3 Å². The van der Waals surface area contributed by atoms with Crippen LogP contribution in [0.4, 0.5) is 5.82 Å². The SMILES string of the molecule is CCOC(C)(C)CNc1nnc(CC)c(CC)c1C#N. The third-order valence-electron chi connectivity index (χ3n) is 3.17. The number of aryl methyl sites for hydroxylation is 1. The molecule has 1 N–H and O–H groups in total. The predicted molar refractivity (Wildman–Crippen MR) is 79.7 cm³/mol. The Morgan fingerprint density at radius 3 is 2.40 bits per heavy atom. The fourth-order valence-corrected chi connectivity index (χ4v) is 2.16. The van der Waals surface area contributed by atoms with Crippen molar-refractivity contribution in [2.24, 2.45) is 0 Å². The molecule has 0 aliphatic rings. The normalized spacial score (nSPS) is 11.2. The van der Waals surface area contributed by atoms with E-state index in [2.05, 4.69) is 21.6 Å². The van der Waals surface area contributed by atoms with E-state index in [1.54, 1.807) is 0 Å². The Hall–Kier alpha value is -1.67. The number of ether oxygens (including phenoxy) is 1. The molecule has 1 rings (SSSR count). The van der Waals surface area contributed by atoms with Crippen LogP contribution >= 0.6 is 0 Å². The zero-order valence-corrected chi connectivity index (χ0v) is 13.1. The van der Waals surface area contributed by atoms with Gasteiger partial charge in [-0.1, -0.05) is 13.8 Å². The minimum atomic E-state index is -0.307. The molecule has 1 aromatic heterocycles. The van der Waals surface area contributed by atoms with Crippen LogP contribution in [0.5, 0.6) is 0 Å². The quantitative estimate of drug-likeness (QED) is 0.829. The summed E-state index contributed by atoms with van der Waals surface area (Å²) in [6, 6.07) is 2.25. The molecule has 0 radical (unpaired) electrons. The summed E-state index contributed by atoms with van der Waals surface area (Å²) in [5.74, 6) is 0.550. The van der Waals surface area contributed by atoms with Gasteiger partial charge < -0.3 is 10.1 Å². The molecule has 5 nitrogen and oxygen atoms in total. The van der Waals surface area contributed by atoms with Crippen LogP contribution in [0.25, 0.3) is 0 Å². The van der Waals surface area contributed by atoms with E-state index in [9.17, 15) is 5.26 Å². The average molecular weight is 276 g/mol. The summed E-state index contributed by atoms with van der Waals surface area (Å²) in [7, 11) is 0. The molecule has 0 fully saturated rings.